The van der Waals surface area contributed by atoms with Crippen LogP contribution in [0.25, 0.3) is 0 Å². The smallest absolute Gasteiger partial charge is 0.256 e. The van der Waals surface area contributed by atoms with Crippen LogP contribution >= 0.6 is 0 Å². The number of carbonyl (C=O) groups is 1. The summed E-state index contributed by atoms with van der Waals surface area (Å²) in [7, 11) is 0. The minimum Gasteiger partial charge on any atom is -0.338 e. The van der Waals surface area contributed by atoms with E-state index in [1.165, 1.54) is 18.9 Å². The van der Waals surface area contributed by atoms with Crippen molar-refractivity contribution in [2.45, 2.75) is 38.6 Å². The zero-order chi connectivity index (χ0) is 14.8. The number of likely N-dealkylation sites (tertiary alicyclic amines) is 1. The Morgan fingerprint density at radius 2 is 2.19 bits per heavy atom. The standard InChI is InChI=1S/C17H23FN2O/c1-12-6-7-14(15(18)10-12)17(21)20-9-3-4-13(11-20)16-5-2-8-19-16/h6-7,10,13,16,19H,2-5,8-9,11H2,1H3. The molecular weight excluding hydrogens is 267 g/mol. The largest absolute Gasteiger partial charge is 0.338 e. The van der Waals surface area contributed by atoms with E-state index in [2.05, 4.69) is 5.32 Å². The van der Waals surface area contributed by atoms with Crippen LogP contribution in [0.4, 0.5) is 4.39 Å². The Morgan fingerprint density at radius 1 is 1.33 bits per heavy atom. The molecule has 1 N–H and O–H groups in total. The van der Waals surface area contributed by atoms with Gasteiger partial charge in [0.25, 0.3) is 5.91 Å². The third-order valence-electron chi connectivity index (χ3n) is 4.77. The summed E-state index contributed by atoms with van der Waals surface area (Å²) in [6, 6.07) is 5.39. The van der Waals surface area contributed by atoms with E-state index in [0.717, 1.165) is 38.0 Å². The van der Waals surface area contributed by atoms with Crippen LogP contribution in [0.3, 0.4) is 0 Å². The molecule has 4 heteroatoms. The molecule has 0 radical (unpaired) electrons. The summed E-state index contributed by atoms with van der Waals surface area (Å²) >= 11 is 0. The number of piperidine rings is 1. The molecule has 3 nitrogen and oxygen atoms in total. The maximum Gasteiger partial charge on any atom is 0.256 e. The fourth-order valence-electron chi connectivity index (χ4n) is 3.60. The fraction of sp³-hybridized carbons (Fsp3) is 0.588. The van der Waals surface area contributed by atoms with E-state index in [1.807, 2.05) is 11.8 Å². The summed E-state index contributed by atoms with van der Waals surface area (Å²) in [4.78, 5) is 14.4. The Kier molecular flexibility index (Phi) is 4.24. The van der Waals surface area contributed by atoms with Crippen LogP contribution in [-0.4, -0.2) is 36.5 Å². The van der Waals surface area contributed by atoms with Crippen LogP contribution < -0.4 is 5.32 Å². The van der Waals surface area contributed by atoms with E-state index in [-0.39, 0.29) is 11.5 Å². The molecule has 2 aliphatic heterocycles. The molecule has 1 amide bonds. The molecule has 0 bridgehead atoms. The first kappa shape index (κ1) is 14.5. The SMILES string of the molecule is Cc1ccc(C(=O)N2CCCC(C3CCCN3)C2)c(F)c1. The van der Waals surface area contributed by atoms with E-state index in [1.54, 1.807) is 12.1 Å². The minimum absolute atomic E-state index is 0.157. The number of benzene rings is 1. The molecule has 114 valence electrons. The van der Waals surface area contributed by atoms with Gasteiger partial charge in [0.2, 0.25) is 0 Å². The second-order valence-electron chi connectivity index (χ2n) is 6.34. The van der Waals surface area contributed by atoms with Crippen LogP contribution in [-0.2, 0) is 0 Å². The van der Waals surface area contributed by atoms with Gasteiger partial charge in [-0.3, -0.25) is 4.79 Å². The molecule has 2 unspecified atom stereocenters. The maximum absolute atomic E-state index is 14.0. The van der Waals surface area contributed by atoms with Gasteiger partial charge in [-0.05, 0) is 62.8 Å². The van der Waals surface area contributed by atoms with Crippen molar-refractivity contribution in [3.63, 3.8) is 0 Å². The summed E-state index contributed by atoms with van der Waals surface area (Å²) in [5, 5.41) is 3.53. The van der Waals surface area contributed by atoms with Gasteiger partial charge in [-0.1, -0.05) is 6.07 Å². The van der Waals surface area contributed by atoms with Crippen LogP contribution in [0.2, 0.25) is 0 Å². The van der Waals surface area contributed by atoms with E-state index >= 15 is 0 Å². The fourth-order valence-corrected chi connectivity index (χ4v) is 3.60. The molecule has 3 rings (SSSR count). The lowest BCUT2D eigenvalue weighted by atomic mass is 9.89. The van der Waals surface area contributed by atoms with E-state index in [9.17, 15) is 9.18 Å². The van der Waals surface area contributed by atoms with Gasteiger partial charge < -0.3 is 10.2 Å². The quantitative estimate of drug-likeness (QED) is 0.908. The number of aryl methyl sites for hydroxylation is 1. The maximum atomic E-state index is 14.0. The number of nitrogens with zero attached hydrogens (tertiary/aromatic N) is 1. The molecule has 2 aliphatic rings. The predicted octanol–water partition coefficient (Wildman–Crippen LogP) is 2.74. The molecule has 2 heterocycles. The monoisotopic (exact) mass is 290 g/mol. The molecule has 0 aliphatic carbocycles. The van der Waals surface area contributed by atoms with Gasteiger partial charge >= 0.3 is 0 Å². The average Bonchev–Trinajstić information content (AvgIpc) is 3.01. The van der Waals surface area contributed by atoms with Gasteiger partial charge in [0, 0.05) is 19.1 Å². The lowest BCUT2D eigenvalue weighted by molar-refractivity contribution is 0.0646. The summed E-state index contributed by atoms with van der Waals surface area (Å²) in [6.07, 6.45) is 4.60. The normalized spacial score (nSPS) is 26.1. The zero-order valence-corrected chi connectivity index (χ0v) is 12.6. The van der Waals surface area contributed by atoms with Crippen molar-refractivity contribution in [2.24, 2.45) is 5.92 Å². The molecule has 0 spiro atoms. The van der Waals surface area contributed by atoms with Crippen LogP contribution in [0, 0.1) is 18.7 Å². The highest BCUT2D eigenvalue weighted by Gasteiger charge is 2.31. The van der Waals surface area contributed by atoms with Crippen molar-refractivity contribution < 1.29 is 9.18 Å². The van der Waals surface area contributed by atoms with Crippen molar-refractivity contribution in [1.29, 1.82) is 0 Å². The number of rotatable bonds is 2. The van der Waals surface area contributed by atoms with Gasteiger partial charge in [-0.15, -0.1) is 0 Å². The molecule has 0 aromatic heterocycles. The van der Waals surface area contributed by atoms with Crippen molar-refractivity contribution in [2.75, 3.05) is 19.6 Å². The Balaban J connectivity index is 1.71. The van der Waals surface area contributed by atoms with Gasteiger partial charge in [0.1, 0.15) is 5.82 Å². The lowest BCUT2D eigenvalue weighted by Gasteiger charge is -2.36. The van der Waals surface area contributed by atoms with Crippen LogP contribution in [0.15, 0.2) is 18.2 Å². The molecule has 0 saturated carbocycles. The first-order valence-corrected chi connectivity index (χ1v) is 7.94. The van der Waals surface area contributed by atoms with Crippen molar-refractivity contribution >= 4 is 5.91 Å². The van der Waals surface area contributed by atoms with Crippen molar-refractivity contribution in [3.05, 3.63) is 35.1 Å². The van der Waals surface area contributed by atoms with Gasteiger partial charge in [-0.25, -0.2) is 4.39 Å². The second-order valence-corrected chi connectivity index (χ2v) is 6.34. The zero-order valence-electron chi connectivity index (χ0n) is 12.6. The van der Waals surface area contributed by atoms with Crippen LogP contribution in [0.1, 0.15) is 41.6 Å². The number of carbonyl (C=O) groups excluding carboxylic acids is 1. The van der Waals surface area contributed by atoms with E-state index in [0.29, 0.717) is 12.0 Å². The molecule has 2 saturated heterocycles. The van der Waals surface area contributed by atoms with E-state index in [4.69, 9.17) is 0 Å². The number of hydrogen-bond donors (Lipinski definition) is 1. The first-order chi connectivity index (χ1) is 10.1. The number of amides is 1. The van der Waals surface area contributed by atoms with Crippen LogP contribution in [0.5, 0.6) is 0 Å². The highest BCUT2D eigenvalue weighted by Crippen LogP contribution is 2.26. The Morgan fingerprint density at radius 3 is 2.90 bits per heavy atom. The third-order valence-corrected chi connectivity index (χ3v) is 4.77. The van der Waals surface area contributed by atoms with Gasteiger partial charge in [-0.2, -0.15) is 0 Å². The highest BCUT2D eigenvalue weighted by atomic mass is 19.1. The van der Waals surface area contributed by atoms with Gasteiger partial charge in [0.05, 0.1) is 5.56 Å². The molecule has 2 fully saturated rings. The lowest BCUT2D eigenvalue weighted by Crippen LogP contribution is -2.46. The molecular formula is C17H23FN2O. The van der Waals surface area contributed by atoms with Crippen molar-refractivity contribution in [1.82, 2.24) is 10.2 Å². The molecule has 1 aromatic rings. The molecule has 21 heavy (non-hydrogen) atoms. The topological polar surface area (TPSA) is 32.3 Å². The first-order valence-electron chi connectivity index (χ1n) is 7.94. The number of nitrogens with one attached hydrogen (secondary N) is 1. The highest BCUT2D eigenvalue weighted by molar-refractivity contribution is 5.94. The summed E-state index contributed by atoms with van der Waals surface area (Å²) in [6.45, 7) is 4.42. The predicted molar refractivity (Wildman–Crippen MR) is 80.8 cm³/mol. The molecule has 2 atom stereocenters. The second kappa shape index (κ2) is 6.14. The molecule has 1 aromatic carbocycles. The third kappa shape index (κ3) is 3.10. The Hall–Kier alpha value is -1.42. The minimum atomic E-state index is -0.402. The average molecular weight is 290 g/mol. The Labute approximate surface area is 125 Å². The van der Waals surface area contributed by atoms with Crippen molar-refractivity contribution in [3.8, 4) is 0 Å². The summed E-state index contributed by atoms with van der Waals surface area (Å²) in [5.41, 5.74) is 1.05. The Bertz CT molecular complexity index is 526. The summed E-state index contributed by atoms with van der Waals surface area (Å²) in [5.74, 6) is -0.0463. The summed E-state index contributed by atoms with van der Waals surface area (Å²) < 4.78 is 14.0. The van der Waals surface area contributed by atoms with Gasteiger partial charge in [0.15, 0.2) is 0 Å². The number of halogens is 1. The number of hydrogen-bond acceptors (Lipinski definition) is 2. The van der Waals surface area contributed by atoms with E-state index < -0.39 is 5.82 Å².